The van der Waals surface area contributed by atoms with Gasteiger partial charge in [0, 0.05) is 18.6 Å². The topological polar surface area (TPSA) is 38.5 Å². The highest BCUT2D eigenvalue weighted by atomic mass is 16.5. The molecule has 2 aliphatic carbocycles. The first-order valence-corrected chi connectivity index (χ1v) is 8.38. The minimum Gasteiger partial charge on any atom is -0.497 e. The van der Waals surface area contributed by atoms with Gasteiger partial charge in [0.25, 0.3) is 0 Å². The molecule has 3 rings (SSSR count). The molecule has 2 fully saturated rings. The van der Waals surface area contributed by atoms with Crippen LogP contribution in [0.25, 0.3) is 0 Å². The fraction of sp³-hybridized carbons (Fsp3) is 0.667. The number of hydrogen-bond acceptors (Lipinski definition) is 3. The van der Waals surface area contributed by atoms with E-state index in [1.165, 1.54) is 37.8 Å². The molecular formula is C18H28N2O. The largest absolute Gasteiger partial charge is 0.497 e. The lowest BCUT2D eigenvalue weighted by Gasteiger charge is -2.36. The van der Waals surface area contributed by atoms with Gasteiger partial charge < -0.3 is 10.5 Å². The van der Waals surface area contributed by atoms with Crippen LogP contribution in [0.1, 0.15) is 50.6 Å². The maximum atomic E-state index is 6.52. The van der Waals surface area contributed by atoms with Crippen LogP contribution in [-0.2, 0) is 0 Å². The first-order valence-electron chi connectivity index (χ1n) is 8.38. The summed E-state index contributed by atoms with van der Waals surface area (Å²) >= 11 is 0. The van der Waals surface area contributed by atoms with Crippen LogP contribution < -0.4 is 10.5 Å². The Balaban J connectivity index is 1.87. The van der Waals surface area contributed by atoms with E-state index in [0.29, 0.717) is 6.04 Å². The van der Waals surface area contributed by atoms with Crippen molar-refractivity contribution in [2.24, 2.45) is 11.7 Å². The van der Waals surface area contributed by atoms with Gasteiger partial charge in [0.2, 0.25) is 0 Å². The van der Waals surface area contributed by atoms with Gasteiger partial charge in [-0.1, -0.05) is 19.1 Å². The Morgan fingerprint density at radius 1 is 1.29 bits per heavy atom. The van der Waals surface area contributed by atoms with Gasteiger partial charge in [-0.05, 0) is 55.7 Å². The molecule has 1 aromatic carbocycles. The van der Waals surface area contributed by atoms with Crippen molar-refractivity contribution in [2.75, 3.05) is 13.7 Å². The Morgan fingerprint density at radius 3 is 2.62 bits per heavy atom. The first-order chi connectivity index (χ1) is 10.2. The standard InChI is InChI=1S/C18H28N2O/c1-3-17(19)18(14-5-4-6-16(11-14)21-2)20(15-9-10-15)12-13-7-8-13/h4-6,11,13,15,17-18H,3,7-10,12,19H2,1-2H3. The summed E-state index contributed by atoms with van der Waals surface area (Å²) in [6.07, 6.45) is 6.48. The summed E-state index contributed by atoms with van der Waals surface area (Å²) in [7, 11) is 1.73. The molecule has 0 heterocycles. The van der Waals surface area contributed by atoms with Gasteiger partial charge in [0.1, 0.15) is 5.75 Å². The van der Waals surface area contributed by atoms with E-state index in [1.807, 2.05) is 6.07 Å². The molecule has 1 aromatic rings. The number of rotatable bonds is 8. The summed E-state index contributed by atoms with van der Waals surface area (Å²) in [4.78, 5) is 2.70. The lowest BCUT2D eigenvalue weighted by Crippen LogP contribution is -2.43. The van der Waals surface area contributed by atoms with Crippen LogP contribution in [-0.4, -0.2) is 30.6 Å². The van der Waals surface area contributed by atoms with Crippen molar-refractivity contribution in [3.8, 4) is 5.75 Å². The molecule has 3 heteroatoms. The van der Waals surface area contributed by atoms with Gasteiger partial charge in [-0.3, -0.25) is 4.90 Å². The summed E-state index contributed by atoms with van der Waals surface area (Å²) in [6.45, 7) is 3.42. The lowest BCUT2D eigenvalue weighted by molar-refractivity contribution is 0.152. The van der Waals surface area contributed by atoms with E-state index in [-0.39, 0.29) is 6.04 Å². The van der Waals surface area contributed by atoms with Crippen molar-refractivity contribution >= 4 is 0 Å². The SMILES string of the molecule is CCC(N)C(c1cccc(OC)c1)N(CC1CC1)C1CC1. The first kappa shape index (κ1) is 14.9. The average Bonchev–Trinajstić information content (AvgIpc) is 3.39. The van der Waals surface area contributed by atoms with Crippen LogP contribution in [0.15, 0.2) is 24.3 Å². The van der Waals surface area contributed by atoms with E-state index >= 15 is 0 Å². The van der Waals surface area contributed by atoms with Gasteiger partial charge in [-0.2, -0.15) is 0 Å². The third-order valence-corrected chi connectivity index (χ3v) is 4.85. The second-order valence-electron chi connectivity index (χ2n) is 6.66. The van der Waals surface area contributed by atoms with Crippen molar-refractivity contribution < 1.29 is 4.74 Å². The van der Waals surface area contributed by atoms with Gasteiger partial charge in [-0.25, -0.2) is 0 Å². The second kappa shape index (κ2) is 6.37. The van der Waals surface area contributed by atoms with E-state index < -0.39 is 0 Å². The van der Waals surface area contributed by atoms with Crippen LogP contribution in [0.2, 0.25) is 0 Å². The third kappa shape index (κ3) is 3.58. The van der Waals surface area contributed by atoms with Crippen LogP contribution in [0.3, 0.4) is 0 Å². The van der Waals surface area contributed by atoms with E-state index in [0.717, 1.165) is 24.1 Å². The second-order valence-corrected chi connectivity index (χ2v) is 6.66. The number of ether oxygens (including phenoxy) is 1. The molecule has 0 radical (unpaired) electrons. The molecule has 0 spiro atoms. The molecule has 0 saturated heterocycles. The minimum absolute atomic E-state index is 0.191. The molecule has 0 aromatic heterocycles. The number of benzene rings is 1. The van der Waals surface area contributed by atoms with Crippen molar-refractivity contribution in [2.45, 2.75) is 57.2 Å². The molecule has 0 amide bonds. The Morgan fingerprint density at radius 2 is 2.05 bits per heavy atom. The van der Waals surface area contributed by atoms with Crippen molar-refractivity contribution in [1.82, 2.24) is 4.90 Å². The Hall–Kier alpha value is -1.06. The Bertz CT molecular complexity index is 468. The summed E-state index contributed by atoms with van der Waals surface area (Å²) in [5.41, 5.74) is 7.84. The third-order valence-electron chi connectivity index (χ3n) is 4.85. The van der Waals surface area contributed by atoms with Crippen molar-refractivity contribution in [1.29, 1.82) is 0 Å². The number of methoxy groups -OCH3 is 1. The van der Waals surface area contributed by atoms with E-state index in [4.69, 9.17) is 10.5 Å². The van der Waals surface area contributed by atoms with Crippen molar-refractivity contribution in [3.05, 3.63) is 29.8 Å². The highest BCUT2D eigenvalue weighted by molar-refractivity contribution is 5.31. The minimum atomic E-state index is 0.191. The average molecular weight is 288 g/mol. The van der Waals surface area contributed by atoms with E-state index in [2.05, 4.69) is 30.0 Å². The molecule has 2 aliphatic rings. The van der Waals surface area contributed by atoms with Crippen molar-refractivity contribution in [3.63, 3.8) is 0 Å². The summed E-state index contributed by atoms with van der Waals surface area (Å²) in [5.74, 6) is 1.84. The molecule has 21 heavy (non-hydrogen) atoms. The maximum Gasteiger partial charge on any atom is 0.119 e. The smallest absolute Gasteiger partial charge is 0.119 e. The quantitative estimate of drug-likeness (QED) is 0.797. The monoisotopic (exact) mass is 288 g/mol. The molecule has 2 N–H and O–H groups in total. The van der Waals surface area contributed by atoms with Gasteiger partial charge >= 0.3 is 0 Å². The zero-order valence-corrected chi connectivity index (χ0v) is 13.3. The zero-order valence-electron chi connectivity index (χ0n) is 13.3. The molecule has 0 aliphatic heterocycles. The Labute approximate surface area is 128 Å². The zero-order chi connectivity index (χ0) is 14.8. The molecule has 3 nitrogen and oxygen atoms in total. The normalized spacial score (nSPS) is 21.3. The number of nitrogens with two attached hydrogens (primary N) is 1. The van der Waals surface area contributed by atoms with Gasteiger partial charge in [0.05, 0.1) is 13.2 Å². The van der Waals surface area contributed by atoms with Crippen LogP contribution in [0, 0.1) is 5.92 Å². The molecule has 2 atom stereocenters. The fourth-order valence-electron chi connectivity index (χ4n) is 3.23. The number of hydrogen-bond donors (Lipinski definition) is 1. The lowest BCUT2D eigenvalue weighted by atomic mass is 9.95. The van der Waals surface area contributed by atoms with E-state index in [9.17, 15) is 0 Å². The fourth-order valence-corrected chi connectivity index (χ4v) is 3.23. The maximum absolute atomic E-state index is 6.52. The summed E-state index contributed by atoms with van der Waals surface area (Å²) in [6, 6.07) is 9.76. The van der Waals surface area contributed by atoms with E-state index in [1.54, 1.807) is 7.11 Å². The Kier molecular flexibility index (Phi) is 4.51. The highest BCUT2D eigenvalue weighted by Gasteiger charge is 2.39. The van der Waals surface area contributed by atoms with Gasteiger partial charge in [0.15, 0.2) is 0 Å². The van der Waals surface area contributed by atoms with Crippen LogP contribution in [0.4, 0.5) is 0 Å². The highest BCUT2D eigenvalue weighted by Crippen LogP contribution is 2.41. The number of nitrogens with zero attached hydrogens (tertiary/aromatic N) is 1. The van der Waals surface area contributed by atoms with Gasteiger partial charge in [-0.15, -0.1) is 0 Å². The molecular weight excluding hydrogens is 260 g/mol. The van der Waals surface area contributed by atoms with Crippen LogP contribution >= 0.6 is 0 Å². The molecule has 2 unspecified atom stereocenters. The predicted octanol–water partition coefficient (Wildman–Crippen LogP) is 3.35. The summed E-state index contributed by atoms with van der Waals surface area (Å²) in [5, 5.41) is 0. The molecule has 0 bridgehead atoms. The molecule has 2 saturated carbocycles. The van der Waals surface area contributed by atoms with Crippen LogP contribution in [0.5, 0.6) is 5.75 Å². The predicted molar refractivity (Wildman–Crippen MR) is 86.5 cm³/mol. The molecule has 116 valence electrons. The summed E-state index contributed by atoms with van der Waals surface area (Å²) < 4.78 is 5.41.